The molecule has 262 valence electrons. The van der Waals surface area contributed by atoms with Gasteiger partial charge in [0, 0.05) is 34.3 Å². The fraction of sp³-hybridized carbons (Fsp3) is 0.353. The van der Waals surface area contributed by atoms with E-state index in [-0.39, 0.29) is 40.6 Å². The zero-order valence-electron chi connectivity index (χ0n) is 27.9. The van der Waals surface area contributed by atoms with E-state index in [2.05, 4.69) is 26.3 Å². The van der Waals surface area contributed by atoms with Crippen molar-refractivity contribution in [3.8, 4) is 16.8 Å². The summed E-state index contributed by atoms with van der Waals surface area (Å²) in [6.07, 6.45) is 0.880. The first-order valence-corrected chi connectivity index (χ1v) is 17.9. The quantitative estimate of drug-likeness (QED) is 0.164. The third-order valence-electron chi connectivity index (χ3n) is 7.07. The summed E-state index contributed by atoms with van der Waals surface area (Å²) in [7, 11) is -4.38. The van der Waals surface area contributed by atoms with Crippen LogP contribution in [0.15, 0.2) is 74.8 Å². The largest absolute Gasteiger partial charge is 0.443 e. The van der Waals surface area contributed by atoms with Gasteiger partial charge in [-0.25, -0.2) is 27.1 Å². The molecule has 12 nitrogen and oxygen atoms in total. The number of unbranched alkanes of at least 4 members (excludes halogenated alkanes) is 1. The average Bonchev–Trinajstić information content (AvgIpc) is 3.33. The van der Waals surface area contributed by atoms with E-state index in [0.717, 1.165) is 12.8 Å². The Morgan fingerprint density at radius 2 is 1.78 bits per heavy atom. The number of carbonyl (C=O) groups excluding carboxylic acids is 2. The summed E-state index contributed by atoms with van der Waals surface area (Å²) < 4.78 is 57.4. The molecule has 0 aliphatic heterocycles. The Labute approximate surface area is 292 Å². The molecule has 0 fully saturated rings. The molecule has 49 heavy (non-hydrogen) atoms. The van der Waals surface area contributed by atoms with Crippen molar-refractivity contribution >= 4 is 43.6 Å². The number of aromatic nitrogens is 3. The number of carbonyl (C=O) groups is 2. The highest BCUT2D eigenvalue weighted by Crippen LogP contribution is 2.29. The van der Waals surface area contributed by atoms with Gasteiger partial charge in [-0.2, -0.15) is 4.68 Å². The maximum atomic E-state index is 15.8. The van der Waals surface area contributed by atoms with E-state index in [1.165, 1.54) is 39.6 Å². The zero-order valence-corrected chi connectivity index (χ0v) is 30.3. The van der Waals surface area contributed by atoms with Crippen molar-refractivity contribution in [2.24, 2.45) is 0 Å². The molecule has 0 saturated carbocycles. The maximum Gasteiger partial charge on any atom is 0.421 e. The fourth-order valence-corrected chi connectivity index (χ4v) is 6.35. The summed E-state index contributed by atoms with van der Waals surface area (Å²) in [5.41, 5.74) is -0.0453. The molecule has 0 spiro atoms. The highest BCUT2D eigenvalue weighted by molar-refractivity contribution is 9.10. The topological polar surface area (TPSA) is 151 Å². The van der Waals surface area contributed by atoms with Crippen LogP contribution in [-0.2, 0) is 37.3 Å². The van der Waals surface area contributed by atoms with Crippen LogP contribution in [-0.4, -0.2) is 53.6 Å². The number of aryl methyl sites for hydroxylation is 1. The van der Waals surface area contributed by atoms with Crippen LogP contribution in [0.25, 0.3) is 16.8 Å². The molecule has 0 aliphatic rings. The predicted molar refractivity (Wildman–Crippen MR) is 187 cm³/mol. The van der Waals surface area contributed by atoms with Crippen molar-refractivity contribution in [2.75, 3.05) is 18.5 Å². The molecule has 0 atom stereocenters. The third-order valence-corrected chi connectivity index (χ3v) is 9.12. The van der Waals surface area contributed by atoms with Crippen molar-refractivity contribution in [3.05, 3.63) is 92.8 Å². The van der Waals surface area contributed by atoms with Gasteiger partial charge in [-0.3, -0.25) is 9.36 Å². The van der Waals surface area contributed by atoms with Crippen LogP contribution in [0.2, 0.25) is 0 Å². The number of nitrogens with one attached hydrogen (secondary N) is 2. The minimum Gasteiger partial charge on any atom is -0.443 e. The second kappa shape index (κ2) is 15.9. The number of halogens is 2. The first-order chi connectivity index (χ1) is 23.1. The smallest absolute Gasteiger partial charge is 0.421 e. The van der Waals surface area contributed by atoms with Crippen molar-refractivity contribution in [1.29, 1.82) is 0 Å². The van der Waals surface area contributed by atoms with Gasteiger partial charge in [0.15, 0.2) is 0 Å². The minimum absolute atomic E-state index is 0.119. The number of rotatable bonds is 13. The van der Waals surface area contributed by atoms with Gasteiger partial charge in [0.2, 0.25) is 5.91 Å². The third kappa shape index (κ3) is 9.64. The van der Waals surface area contributed by atoms with Crippen LogP contribution in [0.4, 0.5) is 14.9 Å². The lowest BCUT2D eigenvalue weighted by molar-refractivity contribution is -0.120. The van der Waals surface area contributed by atoms with Crippen molar-refractivity contribution in [2.45, 2.75) is 70.9 Å². The number of amides is 2. The summed E-state index contributed by atoms with van der Waals surface area (Å²) in [5, 5.41) is 7.33. The maximum absolute atomic E-state index is 15.8. The van der Waals surface area contributed by atoms with Gasteiger partial charge in [0.1, 0.15) is 23.8 Å². The van der Waals surface area contributed by atoms with Crippen LogP contribution >= 0.6 is 15.9 Å². The van der Waals surface area contributed by atoms with E-state index >= 15 is 4.39 Å². The number of nitrogens with zero attached hydrogens (tertiary/aromatic N) is 3. The molecule has 2 N–H and O–H groups in total. The van der Waals surface area contributed by atoms with Gasteiger partial charge < -0.3 is 14.8 Å². The second-order valence-electron chi connectivity index (χ2n) is 12.1. The molecule has 15 heteroatoms. The van der Waals surface area contributed by atoms with Gasteiger partial charge in [0.25, 0.3) is 10.0 Å². The van der Waals surface area contributed by atoms with Gasteiger partial charge >= 0.3 is 11.8 Å². The summed E-state index contributed by atoms with van der Waals surface area (Å²) in [4.78, 5) is 38.1. The van der Waals surface area contributed by atoms with Crippen LogP contribution < -0.4 is 15.7 Å². The molecule has 0 unspecified atom stereocenters. The molecule has 3 aromatic carbocycles. The summed E-state index contributed by atoms with van der Waals surface area (Å²) in [6, 6.07) is 15.1. The molecule has 0 bridgehead atoms. The Morgan fingerprint density at radius 1 is 1.04 bits per heavy atom. The molecule has 4 aromatic rings. The van der Waals surface area contributed by atoms with Crippen LogP contribution in [0, 0.1) is 5.82 Å². The van der Waals surface area contributed by atoms with Gasteiger partial charge in [-0.1, -0.05) is 43.7 Å². The van der Waals surface area contributed by atoms with E-state index in [1.54, 1.807) is 58.0 Å². The highest BCUT2D eigenvalue weighted by Gasteiger charge is 2.26. The molecule has 0 radical (unpaired) electrons. The number of ether oxygens (including phenoxy) is 2. The van der Waals surface area contributed by atoms with E-state index < -0.39 is 33.2 Å². The summed E-state index contributed by atoms with van der Waals surface area (Å²) in [5.74, 6) is -0.584. The number of anilines is 1. The Hall–Kier alpha value is -4.34. The van der Waals surface area contributed by atoms with Gasteiger partial charge in [-0.05, 0) is 85.9 Å². The summed E-state index contributed by atoms with van der Waals surface area (Å²) in [6.45, 7) is 8.72. The van der Waals surface area contributed by atoms with Gasteiger partial charge in [-0.15, -0.1) is 5.10 Å². The lowest BCUT2D eigenvalue weighted by atomic mass is 10.0. The molecule has 1 heterocycles. The molecule has 1 aromatic heterocycles. The molecular weight excluding hydrogens is 721 g/mol. The zero-order chi connectivity index (χ0) is 35.9. The first-order valence-electron chi connectivity index (χ1n) is 15.6. The van der Waals surface area contributed by atoms with E-state index in [4.69, 9.17) is 9.47 Å². The Balaban J connectivity index is 1.67. The molecule has 2 amide bonds. The van der Waals surface area contributed by atoms with Crippen LogP contribution in [0.3, 0.4) is 0 Å². The Morgan fingerprint density at radius 3 is 2.45 bits per heavy atom. The molecular formula is C34H39BrFN5O7S. The van der Waals surface area contributed by atoms with Crippen LogP contribution in [0.5, 0.6) is 0 Å². The SMILES string of the molecule is CCCCc1nn(-c2cc(NC(=O)COCC)ccc2Br)c(=O)n1Cc1ccc(-c2ccccc2S(=O)(=O)NC(=O)OC(C)(C)C)cc1F. The summed E-state index contributed by atoms with van der Waals surface area (Å²) >= 11 is 3.47. The number of hydrogen-bond donors (Lipinski definition) is 2. The molecule has 4 rings (SSSR count). The standard InChI is InChI=1S/C34H39BrFN5O7S/c1-6-8-13-30-38-41(28-19-24(16-17-26(28)35)37-31(42)21-47-7-2)33(44)40(30)20-23-15-14-22(18-27(23)36)25-11-9-10-12-29(25)49(45,46)39-32(43)48-34(3,4)5/h9-12,14-19H,6-8,13,20-21H2,1-5H3,(H,37,42)(H,39,43). The number of sulfonamides is 1. The Kier molecular flexibility index (Phi) is 12.2. The first kappa shape index (κ1) is 37.5. The second-order valence-corrected chi connectivity index (χ2v) is 14.6. The van der Waals surface area contributed by atoms with E-state index in [0.29, 0.717) is 34.7 Å². The fourth-order valence-electron chi connectivity index (χ4n) is 4.83. The lowest BCUT2D eigenvalue weighted by Gasteiger charge is -2.20. The normalized spacial score (nSPS) is 11.7. The molecule has 0 aliphatic carbocycles. The van der Waals surface area contributed by atoms with Gasteiger partial charge in [0.05, 0.1) is 17.1 Å². The monoisotopic (exact) mass is 759 g/mol. The predicted octanol–water partition coefficient (Wildman–Crippen LogP) is 6.18. The average molecular weight is 761 g/mol. The van der Waals surface area contributed by atoms with E-state index in [9.17, 15) is 22.8 Å². The van der Waals surface area contributed by atoms with Crippen molar-refractivity contribution in [3.63, 3.8) is 0 Å². The van der Waals surface area contributed by atoms with Crippen molar-refractivity contribution in [1.82, 2.24) is 19.1 Å². The number of benzene rings is 3. The lowest BCUT2D eigenvalue weighted by Crippen LogP contribution is -2.36. The van der Waals surface area contributed by atoms with Crippen molar-refractivity contribution < 1.29 is 31.9 Å². The van der Waals surface area contributed by atoms with E-state index in [1.807, 2.05) is 11.6 Å². The minimum atomic E-state index is -4.38. The Bertz CT molecular complexity index is 2000. The van der Waals surface area contributed by atoms with Crippen LogP contribution in [0.1, 0.15) is 58.8 Å². The number of hydrogen-bond acceptors (Lipinski definition) is 8. The molecule has 0 saturated heterocycles. The highest BCUT2D eigenvalue weighted by atomic mass is 79.9.